The number of ketones is 1. The monoisotopic (exact) mass is 373 g/mol. The predicted octanol–water partition coefficient (Wildman–Crippen LogP) is 6.25. The molecule has 3 atom stereocenters. The number of pyridine rings is 1. The van der Waals surface area contributed by atoms with Gasteiger partial charge in [0.15, 0.2) is 0 Å². The van der Waals surface area contributed by atoms with Crippen LogP contribution in [0.1, 0.15) is 83.8 Å². The molecule has 2 nitrogen and oxygen atoms in total. The molecule has 0 N–H and O–H groups in total. The minimum Gasteiger partial charge on any atom is -0.299 e. The fraction of sp³-hybridized carbons (Fsp3) is 0.739. The molecule has 1 saturated carbocycles. The number of Topliss-reactive ketones (excluding diaryl/α,β-unsaturated/α-hetero) is 1. The molecule has 3 rings (SSSR count). The first-order valence-corrected chi connectivity index (χ1v) is 10.7. The Hall–Kier alpha value is -0.830. The second-order valence-electron chi connectivity index (χ2n) is 10.4. The molecule has 26 heavy (non-hydrogen) atoms. The van der Waals surface area contributed by atoms with Gasteiger partial charge in [-0.1, -0.05) is 48.5 Å². The quantitative estimate of drug-likeness (QED) is 0.582. The van der Waals surface area contributed by atoms with Crippen LogP contribution in [-0.4, -0.2) is 16.0 Å². The summed E-state index contributed by atoms with van der Waals surface area (Å²) in [5.41, 5.74) is 4.51. The third-order valence-corrected chi connectivity index (χ3v) is 11.1. The van der Waals surface area contributed by atoms with E-state index in [-0.39, 0.29) is 27.4 Å². The van der Waals surface area contributed by atoms with E-state index in [1.54, 1.807) is 6.92 Å². The Morgan fingerprint density at radius 3 is 1.96 bits per heavy atom. The molecule has 3 heteroatoms. The van der Waals surface area contributed by atoms with Gasteiger partial charge in [-0.05, 0) is 55.1 Å². The molecule has 1 aromatic rings. The largest absolute Gasteiger partial charge is 0.299 e. The standard InChI is InChI=1S/C23H35NOS/c1-12-13(2)18-17(24-14(12)3)16-19(26-18)23(11,15(4)25)22(9,10)21(7,8)20(16,5)6/h16,19H,1-11H3. The summed E-state index contributed by atoms with van der Waals surface area (Å²) in [6, 6.07) is 0. The fourth-order valence-corrected chi connectivity index (χ4v) is 7.84. The van der Waals surface area contributed by atoms with Gasteiger partial charge in [-0.3, -0.25) is 9.78 Å². The van der Waals surface area contributed by atoms with Crippen LogP contribution in [0.3, 0.4) is 0 Å². The highest BCUT2D eigenvalue weighted by molar-refractivity contribution is 8.00. The lowest BCUT2D eigenvalue weighted by Gasteiger charge is -2.67. The minimum atomic E-state index is -0.393. The number of aromatic nitrogens is 1. The number of carbonyl (C=O) groups is 1. The van der Waals surface area contributed by atoms with E-state index in [0.717, 1.165) is 5.69 Å². The van der Waals surface area contributed by atoms with Gasteiger partial charge in [0.25, 0.3) is 0 Å². The molecule has 0 radical (unpaired) electrons. The molecule has 1 aromatic heterocycles. The number of hydrogen-bond donors (Lipinski definition) is 0. The summed E-state index contributed by atoms with van der Waals surface area (Å²) in [4.78, 5) is 19.5. The zero-order chi connectivity index (χ0) is 20.0. The first-order valence-electron chi connectivity index (χ1n) is 9.79. The molecule has 2 aliphatic rings. The Kier molecular flexibility index (Phi) is 4.11. The van der Waals surface area contributed by atoms with Gasteiger partial charge >= 0.3 is 0 Å². The highest BCUT2D eigenvalue weighted by Gasteiger charge is 2.71. The van der Waals surface area contributed by atoms with Crippen LogP contribution in [0.2, 0.25) is 0 Å². The predicted molar refractivity (Wildman–Crippen MR) is 111 cm³/mol. The second kappa shape index (κ2) is 5.37. The highest BCUT2D eigenvalue weighted by Crippen LogP contribution is 2.75. The molecule has 0 bridgehead atoms. The Morgan fingerprint density at radius 1 is 0.923 bits per heavy atom. The third-order valence-electron chi connectivity index (χ3n) is 9.36. The Morgan fingerprint density at radius 2 is 1.46 bits per heavy atom. The van der Waals surface area contributed by atoms with Crippen LogP contribution in [-0.2, 0) is 4.79 Å². The summed E-state index contributed by atoms with van der Waals surface area (Å²) in [6.07, 6.45) is 0. The maximum Gasteiger partial charge on any atom is 0.137 e. The van der Waals surface area contributed by atoms with Crippen molar-refractivity contribution in [2.75, 3.05) is 0 Å². The van der Waals surface area contributed by atoms with Crippen LogP contribution < -0.4 is 0 Å². The summed E-state index contributed by atoms with van der Waals surface area (Å²) in [5.74, 6) is 0.602. The second-order valence-corrected chi connectivity index (χ2v) is 11.6. The molecule has 0 amide bonds. The van der Waals surface area contributed by atoms with Gasteiger partial charge in [-0.25, -0.2) is 0 Å². The summed E-state index contributed by atoms with van der Waals surface area (Å²) in [5, 5.41) is 0.237. The maximum absolute atomic E-state index is 13.1. The lowest BCUT2D eigenvalue weighted by molar-refractivity contribution is -0.173. The van der Waals surface area contributed by atoms with E-state index in [4.69, 9.17) is 4.98 Å². The third kappa shape index (κ3) is 1.96. The fourth-order valence-electron chi connectivity index (χ4n) is 5.66. The van der Waals surface area contributed by atoms with Crippen molar-refractivity contribution in [3.8, 4) is 0 Å². The Balaban J connectivity index is 2.38. The molecule has 1 aliphatic carbocycles. The minimum absolute atomic E-state index is 0.0157. The van der Waals surface area contributed by atoms with Crippen molar-refractivity contribution < 1.29 is 4.79 Å². The van der Waals surface area contributed by atoms with Gasteiger partial charge in [0.1, 0.15) is 5.78 Å². The van der Waals surface area contributed by atoms with E-state index in [9.17, 15) is 4.79 Å². The number of aryl methyl sites for hydroxylation is 1. The number of carbonyl (C=O) groups excluding carboxylic acids is 1. The van der Waals surface area contributed by atoms with Crippen LogP contribution in [0.5, 0.6) is 0 Å². The molecule has 0 spiro atoms. The lowest BCUT2D eigenvalue weighted by Crippen LogP contribution is -2.66. The van der Waals surface area contributed by atoms with Crippen molar-refractivity contribution in [3.63, 3.8) is 0 Å². The molecule has 3 unspecified atom stereocenters. The SMILES string of the molecule is CC(=O)C1(C)C2Sc3c(nc(C)c(C)c3C)C2C(C)(C)C(C)(C)C1(C)C. The number of fused-ring (bicyclic) bond motifs is 3. The van der Waals surface area contributed by atoms with E-state index in [1.165, 1.54) is 21.7 Å². The van der Waals surface area contributed by atoms with Gasteiger partial charge < -0.3 is 0 Å². The van der Waals surface area contributed by atoms with Crippen molar-refractivity contribution in [1.82, 2.24) is 4.98 Å². The Bertz CT molecular complexity index is 805. The Labute approximate surface area is 163 Å². The van der Waals surface area contributed by atoms with E-state index in [2.05, 4.69) is 69.2 Å². The first kappa shape index (κ1) is 19.9. The van der Waals surface area contributed by atoms with E-state index in [0.29, 0.717) is 5.78 Å². The molecule has 0 saturated heterocycles. The van der Waals surface area contributed by atoms with Gasteiger partial charge in [-0.15, -0.1) is 11.8 Å². The zero-order valence-electron chi connectivity index (χ0n) is 18.4. The van der Waals surface area contributed by atoms with Gasteiger partial charge in [-0.2, -0.15) is 0 Å². The van der Waals surface area contributed by atoms with Crippen molar-refractivity contribution in [2.24, 2.45) is 21.7 Å². The van der Waals surface area contributed by atoms with Gasteiger partial charge in [0, 0.05) is 27.2 Å². The van der Waals surface area contributed by atoms with Crippen LogP contribution in [0.4, 0.5) is 0 Å². The molecule has 1 fully saturated rings. The maximum atomic E-state index is 13.1. The number of rotatable bonds is 1. The van der Waals surface area contributed by atoms with Gasteiger partial charge in [0.05, 0.1) is 5.69 Å². The van der Waals surface area contributed by atoms with Crippen LogP contribution >= 0.6 is 11.8 Å². The lowest BCUT2D eigenvalue weighted by atomic mass is 9.37. The summed E-state index contributed by atoms with van der Waals surface area (Å²) < 4.78 is 0. The number of thioether (sulfide) groups is 1. The average molecular weight is 374 g/mol. The molecular weight excluding hydrogens is 338 g/mol. The summed E-state index contributed by atoms with van der Waals surface area (Å²) in [7, 11) is 0. The molecule has 1 aliphatic heterocycles. The molecule has 0 aromatic carbocycles. The number of hydrogen-bond acceptors (Lipinski definition) is 3. The van der Waals surface area contributed by atoms with Crippen LogP contribution in [0.15, 0.2) is 4.90 Å². The normalized spacial score (nSPS) is 33.5. The molecule has 144 valence electrons. The van der Waals surface area contributed by atoms with Crippen molar-refractivity contribution in [1.29, 1.82) is 0 Å². The zero-order valence-corrected chi connectivity index (χ0v) is 19.2. The average Bonchev–Trinajstić information content (AvgIpc) is 2.90. The van der Waals surface area contributed by atoms with Crippen molar-refractivity contribution >= 4 is 17.5 Å². The highest BCUT2D eigenvalue weighted by atomic mass is 32.2. The van der Waals surface area contributed by atoms with E-state index in [1.807, 2.05) is 11.8 Å². The van der Waals surface area contributed by atoms with Crippen LogP contribution in [0.25, 0.3) is 0 Å². The first-order chi connectivity index (χ1) is 11.6. The van der Waals surface area contributed by atoms with E-state index >= 15 is 0 Å². The summed E-state index contributed by atoms with van der Waals surface area (Å²) >= 11 is 1.93. The summed E-state index contributed by atoms with van der Waals surface area (Å²) in [6.45, 7) is 24.7. The number of nitrogens with zero attached hydrogens (tertiary/aromatic N) is 1. The molecule has 2 heterocycles. The van der Waals surface area contributed by atoms with Crippen LogP contribution in [0, 0.1) is 42.4 Å². The smallest absolute Gasteiger partial charge is 0.137 e. The van der Waals surface area contributed by atoms with E-state index < -0.39 is 5.41 Å². The topological polar surface area (TPSA) is 30.0 Å². The van der Waals surface area contributed by atoms with Gasteiger partial charge in [0.2, 0.25) is 0 Å². The van der Waals surface area contributed by atoms with Crippen molar-refractivity contribution in [2.45, 2.75) is 92.2 Å². The van der Waals surface area contributed by atoms with Crippen molar-refractivity contribution in [3.05, 3.63) is 22.5 Å². The molecular formula is C23H35NOS.